The number of aliphatic carboxylic acids is 1. The van der Waals surface area contributed by atoms with Crippen LogP contribution in [0.2, 0.25) is 5.02 Å². The molecule has 1 aliphatic rings. The highest BCUT2D eigenvalue weighted by Crippen LogP contribution is 2.30. The van der Waals surface area contributed by atoms with E-state index in [1.807, 2.05) is 0 Å². The van der Waals surface area contributed by atoms with Crippen LogP contribution in [0.5, 0.6) is 5.75 Å². The van der Waals surface area contributed by atoms with Gasteiger partial charge in [0.25, 0.3) is 0 Å². The maximum atomic E-state index is 12.5. The van der Waals surface area contributed by atoms with E-state index in [1.54, 1.807) is 0 Å². The first-order chi connectivity index (χ1) is 9.86. The van der Waals surface area contributed by atoms with Crippen molar-refractivity contribution < 1.29 is 23.1 Å². The van der Waals surface area contributed by atoms with E-state index < -0.39 is 21.9 Å². The van der Waals surface area contributed by atoms with Crippen LogP contribution in [-0.2, 0) is 14.8 Å². The van der Waals surface area contributed by atoms with E-state index in [2.05, 4.69) is 0 Å². The Morgan fingerprint density at radius 2 is 2.19 bits per heavy atom. The first-order valence-corrected chi connectivity index (χ1v) is 8.24. The topological polar surface area (TPSA) is 83.9 Å². The maximum Gasteiger partial charge on any atom is 0.307 e. The maximum absolute atomic E-state index is 12.5. The molecule has 1 saturated heterocycles. The van der Waals surface area contributed by atoms with Crippen molar-refractivity contribution in [2.75, 3.05) is 20.2 Å². The number of benzene rings is 1. The highest BCUT2D eigenvalue weighted by molar-refractivity contribution is 7.89. The lowest BCUT2D eigenvalue weighted by Crippen LogP contribution is -2.42. The molecule has 0 spiro atoms. The quantitative estimate of drug-likeness (QED) is 0.908. The SMILES string of the molecule is COc1ccc(S(=O)(=O)N2CCC[C@@H](C(=O)O)C2)cc1Cl. The molecule has 1 fully saturated rings. The van der Waals surface area contributed by atoms with Crippen LogP contribution < -0.4 is 4.74 Å². The monoisotopic (exact) mass is 333 g/mol. The van der Waals surface area contributed by atoms with Gasteiger partial charge in [-0.1, -0.05) is 11.6 Å². The fraction of sp³-hybridized carbons (Fsp3) is 0.462. The molecule has 0 saturated carbocycles. The minimum Gasteiger partial charge on any atom is -0.495 e. The molecule has 0 radical (unpaired) electrons. The largest absolute Gasteiger partial charge is 0.495 e. The summed E-state index contributed by atoms with van der Waals surface area (Å²) < 4.78 is 31.3. The van der Waals surface area contributed by atoms with Gasteiger partial charge in [-0.05, 0) is 31.0 Å². The molecule has 1 N–H and O–H groups in total. The van der Waals surface area contributed by atoms with Gasteiger partial charge in [-0.3, -0.25) is 4.79 Å². The number of carbonyl (C=O) groups is 1. The number of hydrogen-bond acceptors (Lipinski definition) is 4. The van der Waals surface area contributed by atoms with Crippen LogP contribution in [-0.4, -0.2) is 44.0 Å². The Morgan fingerprint density at radius 3 is 2.76 bits per heavy atom. The molecule has 6 nitrogen and oxygen atoms in total. The second-order valence-corrected chi connectivity index (χ2v) is 7.18. The minimum absolute atomic E-state index is 0.0126. The number of hydrogen-bond donors (Lipinski definition) is 1. The van der Waals surface area contributed by atoms with Crippen LogP contribution in [0.1, 0.15) is 12.8 Å². The normalized spacial score (nSPS) is 20.2. The van der Waals surface area contributed by atoms with Crippen LogP contribution in [0, 0.1) is 5.92 Å². The van der Waals surface area contributed by atoms with Gasteiger partial charge in [-0.15, -0.1) is 0 Å². The Morgan fingerprint density at radius 1 is 1.48 bits per heavy atom. The third-order valence-electron chi connectivity index (χ3n) is 3.49. The van der Waals surface area contributed by atoms with Gasteiger partial charge >= 0.3 is 5.97 Å². The van der Waals surface area contributed by atoms with Crippen LogP contribution in [0.4, 0.5) is 0 Å². The van der Waals surface area contributed by atoms with Gasteiger partial charge in [0.05, 0.1) is 22.9 Å². The molecule has 8 heteroatoms. The average molecular weight is 334 g/mol. The molecular weight excluding hydrogens is 318 g/mol. The number of piperidine rings is 1. The lowest BCUT2D eigenvalue weighted by atomic mass is 10.0. The van der Waals surface area contributed by atoms with Gasteiger partial charge < -0.3 is 9.84 Å². The Kier molecular flexibility index (Phi) is 4.75. The van der Waals surface area contributed by atoms with Crippen molar-refractivity contribution in [1.82, 2.24) is 4.31 Å². The molecule has 1 aromatic rings. The van der Waals surface area contributed by atoms with E-state index in [4.69, 9.17) is 21.4 Å². The number of carboxylic acid groups (broad SMARTS) is 1. The van der Waals surface area contributed by atoms with Crippen LogP contribution >= 0.6 is 11.6 Å². The first-order valence-electron chi connectivity index (χ1n) is 6.42. The van der Waals surface area contributed by atoms with Gasteiger partial charge in [0.1, 0.15) is 5.75 Å². The zero-order valence-electron chi connectivity index (χ0n) is 11.5. The van der Waals surface area contributed by atoms with E-state index in [9.17, 15) is 13.2 Å². The lowest BCUT2D eigenvalue weighted by molar-refractivity contribution is -0.142. The summed E-state index contributed by atoms with van der Waals surface area (Å²) in [5.41, 5.74) is 0. The number of carboxylic acids is 1. The van der Waals surface area contributed by atoms with Crippen LogP contribution in [0.3, 0.4) is 0 Å². The van der Waals surface area contributed by atoms with Crippen LogP contribution in [0.15, 0.2) is 23.1 Å². The molecule has 0 bridgehead atoms. The number of rotatable bonds is 4. The molecule has 0 aliphatic carbocycles. The summed E-state index contributed by atoms with van der Waals surface area (Å²) in [7, 11) is -2.30. The molecule has 0 aromatic heterocycles. The molecule has 1 aromatic carbocycles. The number of sulfonamides is 1. The molecule has 2 rings (SSSR count). The van der Waals surface area contributed by atoms with Crippen molar-refractivity contribution in [3.8, 4) is 5.75 Å². The fourth-order valence-corrected chi connectivity index (χ4v) is 4.19. The van der Waals surface area contributed by atoms with Gasteiger partial charge in [0.2, 0.25) is 10.0 Å². The van der Waals surface area contributed by atoms with E-state index >= 15 is 0 Å². The summed E-state index contributed by atoms with van der Waals surface area (Å²) in [6, 6.07) is 4.21. The minimum atomic E-state index is -3.75. The third-order valence-corrected chi connectivity index (χ3v) is 5.65. The Hall–Kier alpha value is -1.31. The number of nitrogens with zero attached hydrogens (tertiary/aromatic N) is 1. The standard InChI is InChI=1S/C13H16ClNO5S/c1-20-12-5-4-10(7-11(12)14)21(18,19)15-6-2-3-9(8-15)13(16)17/h4-5,7,9H,2-3,6,8H2,1H3,(H,16,17)/t9-/m1/s1. The Labute approximate surface area is 128 Å². The summed E-state index contributed by atoms with van der Waals surface area (Å²) >= 11 is 5.95. The Bertz CT molecular complexity index is 646. The van der Waals surface area contributed by atoms with Crippen molar-refractivity contribution in [3.05, 3.63) is 23.2 Å². The third kappa shape index (κ3) is 3.30. The fourth-order valence-electron chi connectivity index (χ4n) is 2.32. The van der Waals surface area contributed by atoms with Gasteiger partial charge in [-0.25, -0.2) is 8.42 Å². The molecular formula is C13H16ClNO5S. The van der Waals surface area contributed by atoms with Gasteiger partial charge in [0, 0.05) is 13.1 Å². The van der Waals surface area contributed by atoms with Crippen molar-refractivity contribution in [1.29, 1.82) is 0 Å². The summed E-state index contributed by atoms with van der Waals surface area (Å²) in [6.07, 6.45) is 1.02. The highest BCUT2D eigenvalue weighted by atomic mass is 35.5. The average Bonchev–Trinajstić information content (AvgIpc) is 2.47. The summed E-state index contributed by atoms with van der Waals surface area (Å²) in [5, 5.41) is 9.25. The van der Waals surface area contributed by atoms with E-state index in [-0.39, 0.29) is 16.5 Å². The smallest absolute Gasteiger partial charge is 0.307 e. The molecule has 1 aliphatic heterocycles. The van der Waals surface area contributed by atoms with Gasteiger partial charge in [-0.2, -0.15) is 4.31 Å². The summed E-state index contributed by atoms with van der Waals surface area (Å²) in [4.78, 5) is 11.1. The second-order valence-electron chi connectivity index (χ2n) is 4.84. The van der Waals surface area contributed by atoms with E-state index in [0.717, 1.165) is 0 Å². The molecule has 1 heterocycles. The highest BCUT2D eigenvalue weighted by Gasteiger charge is 2.33. The number of ether oxygens (including phenoxy) is 1. The number of methoxy groups -OCH3 is 1. The first kappa shape index (κ1) is 16.1. The van der Waals surface area contributed by atoms with Crippen molar-refractivity contribution in [3.63, 3.8) is 0 Å². The lowest BCUT2D eigenvalue weighted by Gasteiger charge is -2.29. The molecule has 1 atom stereocenters. The van der Waals surface area contributed by atoms with E-state index in [0.29, 0.717) is 25.1 Å². The van der Waals surface area contributed by atoms with Crippen LogP contribution in [0.25, 0.3) is 0 Å². The van der Waals surface area contributed by atoms with Crippen molar-refractivity contribution in [2.45, 2.75) is 17.7 Å². The van der Waals surface area contributed by atoms with E-state index in [1.165, 1.54) is 29.6 Å². The summed E-state index contributed by atoms with van der Waals surface area (Å²) in [6.45, 7) is 0.303. The van der Waals surface area contributed by atoms with Gasteiger partial charge in [0.15, 0.2) is 0 Å². The second kappa shape index (κ2) is 6.21. The predicted molar refractivity (Wildman–Crippen MR) is 77.1 cm³/mol. The molecule has 116 valence electrons. The van der Waals surface area contributed by atoms with Crippen molar-refractivity contribution in [2.24, 2.45) is 5.92 Å². The summed E-state index contributed by atoms with van der Waals surface area (Å²) in [5.74, 6) is -1.25. The zero-order chi connectivity index (χ0) is 15.6. The molecule has 0 unspecified atom stereocenters. The number of halogens is 1. The predicted octanol–water partition coefficient (Wildman–Crippen LogP) is 1.83. The molecule has 0 amide bonds. The Balaban J connectivity index is 2.29. The van der Waals surface area contributed by atoms with Crippen molar-refractivity contribution >= 4 is 27.6 Å². The zero-order valence-corrected chi connectivity index (χ0v) is 13.0. The molecule has 21 heavy (non-hydrogen) atoms.